The Morgan fingerprint density at radius 2 is 2.00 bits per heavy atom. The number of nitrogens with zero attached hydrogens (tertiary/aromatic N) is 2. The standard InChI is InChI=1S/C24H29N3O3/c1-27(22-9-4-5-13-25-22)14-6-10-23(28)26-17-18-11-12-19-7-2-3-8-21(19)20(15-18)16-24(29)30/h2-5,7-9,11,13,20H,6,10,12,14-17H2,1H3,(H,26,28)(H,29,30). The van der Waals surface area contributed by atoms with E-state index >= 15 is 0 Å². The number of aromatic nitrogens is 1. The number of hydrogen-bond donors (Lipinski definition) is 2. The predicted octanol–water partition coefficient (Wildman–Crippen LogP) is 3.55. The first-order chi connectivity index (χ1) is 14.5. The molecule has 6 heteroatoms. The molecule has 1 amide bonds. The molecule has 1 aliphatic rings. The molecular weight excluding hydrogens is 378 g/mol. The number of benzene rings is 1. The van der Waals surface area contributed by atoms with Gasteiger partial charge in [-0.1, -0.05) is 42.0 Å². The molecule has 1 aliphatic carbocycles. The number of pyridine rings is 1. The Kier molecular flexibility index (Phi) is 7.60. The van der Waals surface area contributed by atoms with Gasteiger partial charge < -0.3 is 15.3 Å². The fourth-order valence-electron chi connectivity index (χ4n) is 3.89. The van der Waals surface area contributed by atoms with Gasteiger partial charge in [0.05, 0.1) is 6.42 Å². The van der Waals surface area contributed by atoms with Crippen LogP contribution in [0.4, 0.5) is 5.82 Å². The van der Waals surface area contributed by atoms with E-state index in [9.17, 15) is 14.7 Å². The number of aliphatic carboxylic acids is 1. The van der Waals surface area contributed by atoms with E-state index in [0.29, 0.717) is 19.4 Å². The summed E-state index contributed by atoms with van der Waals surface area (Å²) in [5.74, 6) is 0.0564. The number of anilines is 1. The van der Waals surface area contributed by atoms with Crippen LogP contribution in [0.1, 0.15) is 42.7 Å². The van der Waals surface area contributed by atoms with Crippen LogP contribution < -0.4 is 10.2 Å². The van der Waals surface area contributed by atoms with Crippen molar-refractivity contribution in [2.45, 2.75) is 38.0 Å². The van der Waals surface area contributed by atoms with E-state index in [-0.39, 0.29) is 18.2 Å². The Morgan fingerprint density at radius 1 is 1.20 bits per heavy atom. The number of nitrogens with one attached hydrogen (secondary N) is 1. The van der Waals surface area contributed by atoms with E-state index in [1.54, 1.807) is 6.20 Å². The first kappa shape index (κ1) is 21.6. The molecule has 1 aromatic carbocycles. The van der Waals surface area contributed by atoms with Crippen molar-refractivity contribution in [1.29, 1.82) is 0 Å². The van der Waals surface area contributed by atoms with Crippen molar-refractivity contribution in [3.63, 3.8) is 0 Å². The van der Waals surface area contributed by atoms with E-state index in [4.69, 9.17) is 0 Å². The number of carbonyl (C=O) groups excluding carboxylic acids is 1. The molecule has 30 heavy (non-hydrogen) atoms. The molecule has 1 aromatic heterocycles. The number of allylic oxidation sites excluding steroid dienone is 1. The second kappa shape index (κ2) is 10.6. The quantitative estimate of drug-likeness (QED) is 0.621. The smallest absolute Gasteiger partial charge is 0.303 e. The van der Waals surface area contributed by atoms with Crippen molar-refractivity contribution in [1.82, 2.24) is 10.3 Å². The minimum Gasteiger partial charge on any atom is -0.481 e. The number of amides is 1. The van der Waals surface area contributed by atoms with Gasteiger partial charge in [0.25, 0.3) is 0 Å². The molecule has 158 valence electrons. The number of carboxylic acids is 1. The van der Waals surface area contributed by atoms with Crippen LogP contribution in [-0.2, 0) is 16.0 Å². The fourth-order valence-corrected chi connectivity index (χ4v) is 3.89. The van der Waals surface area contributed by atoms with Gasteiger partial charge in [-0.3, -0.25) is 9.59 Å². The van der Waals surface area contributed by atoms with Crippen molar-refractivity contribution in [2.75, 3.05) is 25.0 Å². The number of rotatable bonds is 9. The lowest BCUT2D eigenvalue weighted by Gasteiger charge is -2.18. The van der Waals surface area contributed by atoms with Crippen LogP contribution in [0.3, 0.4) is 0 Å². The van der Waals surface area contributed by atoms with Crippen LogP contribution in [0.5, 0.6) is 0 Å². The summed E-state index contributed by atoms with van der Waals surface area (Å²) in [5, 5.41) is 12.3. The SMILES string of the molecule is CN(CCCC(=O)NCC1=CCc2ccccc2C(CC(=O)O)C1)c1ccccn1. The maximum Gasteiger partial charge on any atom is 0.303 e. The summed E-state index contributed by atoms with van der Waals surface area (Å²) in [4.78, 5) is 30.0. The molecule has 2 N–H and O–H groups in total. The predicted molar refractivity (Wildman–Crippen MR) is 118 cm³/mol. The summed E-state index contributed by atoms with van der Waals surface area (Å²) in [6.07, 6.45) is 6.61. The largest absolute Gasteiger partial charge is 0.481 e. The van der Waals surface area contributed by atoms with E-state index in [2.05, 4.69) is 22.4 Å². The van der Waals surface area contributed by atoms with Gasteiger partial charge >= 0.3 is 5.97 Å². The molecular formula is C24H29N3O3. The van der Waals surface area contributed by atoms with E-state index < -0.39 is 5.97 Å². The van der Waals surface area contributed by atoms with Gasteiger partial charge in [-0.25, -0.2) is 4.98 Å². The first-order valence-corrected chi connectivity index (χ1v) is 10.4. The van der Waals surface area contributed by atoms with Crippen LogP contribution in [-0.4, -0.2) is 42.1 Å². The summed E-state index contributed by atoms with van der Waals surface area (Å²) < 4.78 is 0. The van der Waals surface area contributed by atoms with Gasteiger partial charge in [0.1, 0.15) is 5.82 Å². The zero-order valence-electron chi connectivity index (χ0n) is 17.4. The average Bonchev–Trinajstić information content (AvgIpc) is 2.92. The van der Waals surface area contributed by atoms with Crippen LogP contribution in [0.2, 0.25) is 0 Å². The minimum absolute atomic E-state index is 0.0156. The van der Waals surface area contributed by atoms with E-state index in [1.165, 1.54) is 5.56 Å². The highest BCUT2D eigenvalue weighted by Gasteiger charge is 2.22. The maximum absolute atomic E-state index is 12.3. The number of carbonyl (C=O) groups is 2. The summed E-state index contributed by atoms with van der Waals surface area (Å²) in [6.45, 7) is 1.22. The Hall–Kier alpha value is -3.15. The topological polar surface area (TPSA) is 82.5 Å². The van der Waals surface area contributed by atoms with Gasteiger partial charge in [0, 0.05) is 32.8 Å². The fraction of sp³-hybridized carbons (Fsp3) is 0.375. The van der Waals surface area contributed by atoms with E-state index in [1.807, 2.05) is 48.3 Å². The number of carboxylic acid groups (broad SMARTS) is 1. The third-order valence-corrected chi connectivity index (χ3v) is 5.49. The van der Waals surface area contributed by atoms with Crippen molar-refractivity contribution in [3.8, 4) is 0 Å². The molecule has 0 aliphatic heterocycles. The highest BCUT2D eigenvalue weighted by atomic mass is 16.4. The Labute approximate surface area is 177 Å². The normalized spacial score (nSPS) is 15.5. The molecule has 0 saturated carbocycles. The number of hydrogen-bond acceptors (Lipinski definition) is 4. The zero-order chi connectivity index (χ0) is 21.3. The zero-order valence-corrected chi connectivity index (χ0v) is 17.4. The third kappa shape index (κ3) is 6.17. The maximum atomic E-state index is 12.3. The second-order valence-electron chi connectivity index (χ2n) is 7.75. The lowest BCUT2D eigenvalue weighted by atomic mass is 9.88. The van der Waals surface area contributed by atoms with Crippen LogP contribution in [0.15, 0.2) is 60.3 Å². The Morgan fingerprint density at radius 3 is 2.77 bits per heavy atom. The monoisotopic (exact) mass is 407 g/mol. The Balaban J connectivity index is 1.48. The first-order valence-electron chi connectivity index (χ1n) is 10.4. The van der Waals surface area contributed by atoms with Gasteiger partial charge in [-0.15, -0.1) is 0 Å². The van der Waals surface area contributed by atoms with E-state index in [0.717, 1.165) is 36.3 Å². The molecule has 0 bridgehead atoms. The lowest BCUT2D eigenvalue weighted by molar-refractivity contribution is -0.137. The molecule has 0 fully saturated rings. The molecule has 0 saturated heterocycles. The molecule has 3 rings (SSSR count). The molecule has 0 spiro atoms. The van der Waals surface area contributed by atoms with Crippen molar-refractivity contribution >= 4 is 17.7 Å². The van der Waals surface area contributed by atoms with Crippen LogP contribution in [0, 0.1) is 0 Å². The summed E-state index contributed by atoms with van der Waals surface area (Å²) in [6, 6.07) is 13.8. The van der Waals surface area contributed by atoms with Crippen LogP contribution in [0.25, 0.3) is 0 Å². The molecule has 6 nitrogen and oxygen atoms in total. The molecule has 1 heterocycles. The summed E-state index contributed by atoms with van der Waals surface area (Å²) >= 11 is 0. The molecule has 1 atom stereocenters. The van der Waals surface area contributed by atoms with Gasteiger partial charge in [0.15, 0.2) is 0 Å². The number of fused-ring (bicyclic) bond motifs is 1. The Bertz CT molecular complexity index is 896. The van der Waals surface area contributed by atoms with Crippen molar-refractivity contribution < 1.29 is 14.7 Å². The molecule has 2 aromatic rings. The average molecular weight is 408 g/mol. The lowest BCUT2D eigenvalue weighted by Crippen LogP contribution is -2.27. The summed E-state index contributed by atoms with van der Waals surface area (Å²) in [7, 11) is 1.97. The second-order valence-corrected chi connectivity index (χ2v) is 7.75. The minimum atomic E-state index is -0.794. The van der Waals surface area contributed by atoms with Crippen LogP contribution >= 0.6 is 0 Å². The van der Waals surface area contributed by atoms with Gasteiger partial charge in [-0.05, 0) is 48.4 Å². The highest BCUT2D eigenvalue weighted by molar-refractivity contribution is 5.76. The summed E-state index contributed by atoms with van der Waals surface area (Å²) in [5.41, 5.74) is 3.37. The highest BCUT2D eigenvalue weighted by Crippen LogP contribution is 2.33. The van der Waals surface area contributed by atoms with Gasteiger partial charge in [0.2, 0.25) is 5.91 Å². The van der Waals surface area contributed by atoms with Crippen molar-refractivity contribution in [3.05, 3.63) is 71.4 Å². The van der Waals surface area contributed by atoms with Crippen molar-refractivity contribution in [2.24, 2.45) is 0 Å². The van der Waals surface area contributed by atoms with Gasteiger partial charge in [-0.2, -0.15) is 0 Å². The molecule has 0 radical (unpaired) electrons. The third-order valence-electron chi connectivity index (χ3n) is 5.49. The molecule has 1 unspecified atom stereocenters.